The highest BCUT2D eigenvalue weighted by Gasteiger charge is 2.27. The van der Waals surface area contributed by atoms with E-state index in [0.29, 0.717) is 6.42 Å². The van der Waals surface area contributed by atoms with E-state index in [4.69, 9.17) is 0 Å². The van der Waals surface area contributed by atoms with E-state index in [1.165, 1.54) is 76.7 Å². The van der Waals surface area contributed by atoms with E-state index >= 15 is 0 Å². The predicted octanol–water partition coefficient (Wildman–Crippen LogP) is 6.09. The second kappa shape index (κ2) is 23.2. The summed E-state index contributed by atoms with van der Waals surface area (Å²) in [6, 6.07) is -1.22. The van der Waals surface area contributed by atoms with Gasteiger partial charge in [0.1, 0.15) is 6.10 Å². The Morgan fingerprint density at radius 2 is 1.19 bits per heavy atom. The van der Waals surface area contributed by atoms with E-state index in [-0.39, 0.29) is 6.42 Å². The Hall–Kier alpha value is -0.960. The Morgan fingerprint density at radius 1 is 0.750 bits per heavy atom. The largest absolute Gasteiger partial charge is 0.387 e. The van der Waals surface area contributed by atoms with Gasteiger partial charge in [-0.3, -0.25) is 9.35 Å². The van der Waals surface area contributed by atoms with E-state index in [2.05, 4.69) is 19.2 Å². The summed E-state index contributed by atoms with van der Waals surface area (Å²) in [6.07, 6.45) is 21.4. The second-order valence-corrected chi connectivity index (χ2v) is 11.7. The number of amides is 1. The molecule has 0 aromatic rings. The van der Waals surface area contributed by atoms with Crippen molar-refractivity contribution < 1.29 is 28.0 Å². The van der Waals surface area contributed by atoms with E-state index in [9.17, 15) is 28.0 Å². The molecule has 214 valence electrons. The summed E-state index contributed by atoms with van der Waals surface area (Å²) < 4.78 is 32.0. The molecule has 0 aliphatic carbocycles. The molecule has 0 heterocycles. The van der Waals surface area contributed by atoms with E-state index in [1.807, 2.05) is 0 Å². The Kier molecular flexibility index (Phi) is 22.6. The highest BCUT2D eigenvalue weighted by Crippen LogP contribution is 2.13. The van der Waals surface area contributed by atoms with Crippen molar-refractivity contribution in [3.63, 3.8) is 0 Å². The lowest BCUT2D eigenvalue weighted by Crippen LogP contribution is -2.50. The number of rotatable bonds is 25. The molecule has 0 aromatic heterocycles. The molecule has 0 aliphatic rings. The highest BCUT2D eigenvalue weighted by molar-refractivity contribution is 7.85. The van der Waals surface area contributed by atoms with Gasteiger partial charge < -0.3 is 15.5 Å². The van der Waals surface area contributed by atoms with Crippen LogP contribution in [0.2, 0.25) is 0 Å². The SMILES string of the molecule is CCCCCCCCC/C=C/C(O)C(CS(=O)(=O)O)NC(=O)C(O)CCCCCCCCCCCC. The number of unbranched alkanes of at least 4 members (excludes halogenated alkanes) is 16. The summed E-state index contributed by atoms with van der Waals surface area (Å²) in [7, 11) is -4.42. The van der Waals surface area contributed by atoms with E-state index in [1.54, 1.807) is 6.08 Å². The fraction of sp³-hybridized carbons (Fsp3) is 0.893. The fourth-order valence-corrected chi connectivity index (χ4v) is 5.01. The lowest BCUT2D eigenvalue weighted by molar-refractivity contribution is -0.130. The van der Waals surface area contributed by atoms with Crippen LogP contribution in [0.4, 0.5) is 0 Å². The maximum atomic E-state index is 12.4. The molecule has 0 radical (unpaired) electrons. The molecule has 0 rings (SSSR count). The van der Waals surface area contributed by atoms with Gasteiger partial charge in [-0.05, 0) is 19.3 Å². The first-order chi connectivity index (χ1) is 17.2. The minimum atomic E-state index is -4.42. The van der Waals surface area contributed by atoms with Gasteiger partial charge in [0.2, 0.25) is 5.91 Å². The van der Waals surface area contributed by atoms with Crippen molar-refractivity contribution in [2.75, 3.05) is 5.75 Å². The summed E-state index contributed by atoms with van der Waals surface area (Å²) >= 11 is 0. The zero-order valence-corrected chi connectivity index (χ0v) is 23.8. The molecule has 36 heavy (non-hydrogen) atoms. The van der Waals surface area contributed by atoms with Gasteiger partial charge in [-0.25, -0.2) is 0 Å². The maximum Gasteiger partial charge on any atom is 0.267 e. The van der Waals surface area contributed by atoms with Crippen LogP contribution in [0.15, 0.2) is 12.2 Å². The smallest absolute Gasteiger partial charge is 0.267 e. The molecule has 0 aliphatic heterocycles. The third-order valence-corrected chi connectivity index (χ3v) is 7.35. The van der Waals surface area contributed by atoms with Gasteiger partial charge in [-0.1, -0.05) is 129 Å². The third kappa shape index (κ3) is 22.3. The molecule has 1 amide bonds. The van der Waals surface area contributed by atoms with Crippen LogP contribution in [-0.2, 0) is 14.9 Å². The number of carbonyl (C=O) groups excluding carboxylic acids is 1. The topological polar surface area (TPSA) is 124 Å². The highest BCUT2D eigenvalue weighted by atomic mass is 32.2. The third-order valence-electron chi connectivity index (χ3n) is 6.57. The Bertz CT molecular complexity index is 652. The number of nitrogens with one attached hydrogen (secondary N) is 1. The van der Waals surface area contributed by atoms with Crippen LogP contribution in [0, 0.1) is 0 Å². The van der Waals surface area contributed by atoms with Crippen LogP contribution in [0.25, 0.3) is 0 Å². The average Bonchev–Trinajstić information content (AvgIpc) is 2.82. The number of hydrogen-bond donors (Lipinski definition) is 4. The molecule has 3 unspecified atom stereocenters. The molecular formula is C28H55NO6S. The van der Waals surface area contributed by atoms with Crippen LogP contribution < -0.4 is 5.32 Å². The van der Waals surface area contributed by atoms with Crippen molar-refractivity contribution in [1.82, 2.24) is 5.32 Å². The Labute approximate surface area is 221 Å². The summed E-state index contributed by atoms with van der Waals surface area (Å²) in [4.78, 5) is 12.4. The molecule has 0 aromatic carbocycles. The van der Waals surface area contributed by atoms with Crippen molar-refractivity contribution in [3.8, 4) is 0 Å². The van der Waals surface area contributed by atoms with Crippen LogP contribution in [0.3, 0.4) is 0 Å². The number of aliphatic hydroxyl groups excluding tert-OH is 2. The van der Waals surface area contributed by atoms with Gasteiger partial charge in [-0.2, -0.15) is 8.42 Å². The zero-order chi connectivity index (χ0) is 27.1. The number of allylic oxidation sites excluding steroid dienone is 1. The molecule has 0 saturated heterocycles. The van der Waals surface area contributed by atoms with Gasteiger partial charge in [0.25, 0.3) is 10.1 Å². The molecule has 3 atom stereocenters. The molecule has 0 spiro atoms. The molecular weight excluding hydrogens is 478 g/mol. The number of aliphatic hydroxyl groups is 2. The van der Waals surface area contributed by atoms with E-state index in [0.717, 1.165) is 38.5 Å². The standard InChI is InChI=1S/C28H55NO6S/c1-3-5-7-9-11-13-15-17-19-21-23-27(31)28(32)29-25(24-36(33,34)35)26(30)22-20-18-16-14-12-10-8-6-4-2/h20,22,25-27,30-31H,3-19,21,23-24H2,1-2H3,(H,29,32)(H,33,34,35)/b22-20+. The Morgan fingerprint density at radius 3 is 1.67 bits per heavy atom. The summed E-state index contributed by atoms with van der Waals surface area (Å²) in [5.41, 5.74) is 0. The van der Waals surface area contributed by atoms with Crippen molar-refractivity contribution in [2.24, 2.45) is 0 Å². The molecule has 7 nitrogen and oxygen atoms in total. The lowest BCUT2D eigenvalue weighted by atomic mass is 10.0. The van der Waals surface area contributed by atoms with Crippen molar-refractivity contribution in [2.45, 2.75) is 154 Å². The van der Waals surface area contributed by atoms with Crippen molar-refractivity contribution in [3.05, 3.63) is 12.2 Å². The minimum Gasteiger partial charge on any atom is -0.387 e. The maximum absolute atomic E-state index is 12.4. The number of carbonyl (C=O) groups is 1. The number of hydrogen-bond acceptors (Lipinski definition) is 5. The minimum absolute atomic E-state index is 0.283. The van der Waals surface area contributed by atoms with Crippen LogP contribution in [0.1, 0.15) is 136 Å². The van der Waals surface area contributed by atoms with E-state index < -0.39 is 40.0 Å². The lowest BCUT2D eigenvalue weighted by Gasteiger charge is -2.22. The zero-order valence-electron chi connectivity index (χ0n) is 23.0. The fourth-order valence-electron chi connectivity index (χ4n) is 4.28. The van der Waals surface area contributed by atoms with Gasteiger partial charge in [0, 0.05) is 0 Å². The van der Waals surface area contributed by atoms with Crippen LogP contribution >= 0.6 is 0 Å². The van der Waals surface area contributed by atoms with Gasteiger partial charge in [0.05, 0.1) is 17.9 Å². The average molecular weight is 534 g/mol. The molecule has 0 bridgehead atoms. The molecule has 0 saturated carbocycles. The molecule has 8 heteroatoms. The van der Waals surface area contributed by atoms with Gasteiger partial charge in [0.15, 0.2) is 0 Å². The van der Waals surface area contributed by atoms with Crippen molar-refractivity contribution in [1.29, 1.82) is 0 Å². The first-order valence-electron chi connectivity index (χ1n) is 14.5. The Balaban J connectivity index is 4.30. The van der Waals surface area contributed by atoms with Crippen LogP contribution in [0.5, 0.6) is 0 Å². The first-order valence-corrected chi connectivity index (χ1v) is 16.1. The first kappa shape index (κ1) is 35.0. The normalized spacial score (nSPS) is 14.7. The quantitative estimate of drug-likeness (QED) is 0.0640. The van der Waals surface area contributed by atoms with Gasteiger partial charge >= 0.3 is 0 Å². The van der Waals surface area contributed by atoms with Crippen LogP contribution in [-0.4, -0.2) is 53.1 Å². The second-order valence-electron chi connectivity index (χ2n) is 10.2. The van der Waals surface area contributed by atoms with Gasteiger partial charge in [-0.15, -0.1) is 0 Å². The molecule has 4 N–H and O–H groups in total. The predicted molar refractivity (Wildman–Crippen MR) is 149 cm³/mol. The summed E-state index contributed by atoms with van der Waals surface area (Å²) in [5.74, 6) is -1.54. The summed E-state index contributed by atoms with van der Waals surface area (Å²) in [5, 5.41) is 23.0. The van der Waals surface area contributed by atoms with Crippen molar-refractivity contribution >= 4 is 16.0 Å². The monoisotopic (exact) mass is 533 g/mol. The summed E-state index contributed by atoms with van der Waals surface area (Å²) in [6.45, 7) is 4.40. The molecule has 0 fully saturated rings.